The van der Waals surface area contributed by atoms with E-state index in [0.717, 1.165) is 22.4 Å². The largest absolute Gasteiger partial charge is 0.461 e. The number of hydrogen-bond acceptors (Lipinski definition) is 6. The highest BCUT2D eigenvalue weighted by molar-refractivity contribution is 8.02. The second-order valence-corrected chi connectivity index (χ2v) is 13.3. The average molecular weight is 589 g/mol. The van der Waals surface area contributed by atoms with Crippen LogP contribution in [0.15, 0.2) is 73.8 Å². The van der Waals surface area contributed by atoms with Gasteiger partial charge < -0.3 is 19.6 Å². The molecule has 1 spiro atoms. The summed E-state index contributed by atoms with van der Waals surface area (Å²) in [4.78, 5) is 46.5. The Balaban J connectivity index is 1.66. The van der Waals surface area contributed by atoms with E-state index in [-0.39, 0.29) is 42.7 Å². The Labute approximate surface area is 252 Å². The standard InChI is InChI=1S/C34H40N2O5S/c1-6-16-35(29-21(3)12-11-13-22(29)4)32(39)30-34-23(5)18-26(42-34)27(33(40)41-17-7-2)28(34)31(38)36(30)25(20-37)19-24-14-9-8-10-15-24/h6-15,23,25-28,30,37H,1-2,16-20H2,3-5H3/t23?,25-,26-,27+,28+,30?,34?/m1/s1. The van der Waals surface area contributed by atoms with Crippen LogP contribution in [-0.4, -0.2) is 69.6 Å². The summed E-state index contributed by atoms with van der Waals surface area (Å²) in [5.41, 5.74) is 3.64. The molecule has 2 aromatic carbocycles. The third-order valence-electron chi connectivity index (χ3n) is 9.24. The summed E-state index contributed by atoms with van der Waals surface area (Å²) in [6.45, 7) is 13.6. The molecular formula is C34H40N2O5S. The first-order valence-corrected chi connectivity index (χ1v) is 15.5. The zero-order valence-corrected chi connectivity index (χ0v) is 25.4. The van der Waals surface area contributed by atoms with E-state index in [1.54, 1.807) is 27.6 Å². The lowest BCUT2D eigenvalue weighted by molar-refractivity contribution is -0.154. The van der Waals surface area contributed by atoms with E-state index < -0.39 is 34.6 Å². The van der Waals surface area contributed by atoms with Gasteiger partial charge in [-0.2, -0.15) is 0 Å². The maximum atomic E-state index is 15.0. The molecule has 3 unspecified atom stereocenters. The lowest BCUT2D eigenvalue weighted by atomic mass is 9.66. The minimum atomic E-state index is -0.878. The quantitative estimate of drug-likeness (QED) is 0.308. The van der Waals surface area contributed by atoms with E-state index in [1.165, 1.54) is 6.08 Å². The topological polar surface area (TPSA) is 87.1 Å². The second kappa shape index (κ2) is 12.1. The molecule has 3 aliphatic rings. The molecule has 0 aliphatic carbocycles. The average Bonchev–Trinajstić information content (AvgIpc) is 3.58. The lowest BCUT2D eigenvalue weighted by Gasteiger charge is -2.42. The molecule has 1 N–H and O–H groups in total. The molecule has 2 bridgehead atoms. The third-order valence-corrected chi connectivity index (χ3v) is 11.3. The predicted octanol–water partition coefficient (Wildman–Crippen LogP) is 4.49. The number of carbonyl (C=O) groups excluding carboxylic acids is 3. The van der Waals surface area contributed by atoms with E-state index in [0.29, 0.717) is 12.8 Å². The molecule has 5 rings (SSSR count). The third kappa shape index (κ3) is 4.78. The summed E-state index contributed by atoms with van der Waals surface area (Å²) in [5.74, 6) is -2.29. The van der Waals surface area contributed by atoms with Gasteiger partial charge in [0.2, 0.25) is 5.91 Å². The molecule has 2 amide bonds. The molecule has 222 valence electrons. The van der Waals surface area contributed by atoms with Gasteiger partial charge in [-0.15, -0.1) is 18.3 Å². The highest BCUT2D eigenvalue weighted by atomic mass is 32.2. The first-order valence-electron chi connectivity index (χ1n) is 14.6. The van der Waals surface area contributed by atoms with Gasteiger partial charge in [0.25, 0.3) is 5.91 Å². The molecule has 0 aromatic heterocycles. The van der Waals surface area contributed by atoms with Gasteiger partial charge in [-0.05, 0) is 49.3 Å². The maximum absolute atomic E-state index is 15.0. The Morgan fingerprint density at radius 1 is 1.14 bits per heavy atom. The van der Waals surface area contributed by atoms with Gasteiger partial charge in [-0.3, -0.25) is 14.4 Å². The minimum absolute atomic E-state index is 0.0107. The molecule has 0 saturated carbocycles. The van der Waals surface area contributed by atoms with Crippen molar-refractivity contribution in [3.8, 4) is 0 Å². The van der Waals surface area contributed by atoms with Crippen molar-refractivity contribution < 1.29 is 24.2 Å². The number of anilines is 1. The van der Waals surface area contributed by atoms with Crippen molar-refractivity contribution >= 4 is 35.2 Å². The van der Waals surface area contributed by atoms with E-state index >= 15 is 4.79 Å². The number of carbonyl (C=O) groups is 3. The van der Waals surface area contributed by atoms with Crippen molar-refractivity contribution in [2.24, 2.45) is 17.8 Å². The van der Waals surface area contributed by atoms with Gasteiger partial charge in [-0.25, -0.2) is 0 Å². The molecule has 7 atom stereocenters. The SMILES string of the molecule is C=CCOC(=O)[C@@H]1[C@H]2C(=O)N([C@@H](CO)Cc3ccccc3)C(C(=O)N(CC=C)c3c(C)cccc3C)C23S[C@@H]1CC3C. The number of ether oxygens (including phenoxy) is 1. The van der Waals surface area contributed by atoms with Crippen LogP contribution in [0.1, 0.15) is 30.0 Å². The number of para-hydroxylation sites is 1. The smallest absolute Gasteiger partial charge is 0.311 e. The molecular weight excluding hydrogens is 548 g/mol. The summed E-state index contributed by atoms with van der Waals surface area (Å²) in [5, 5.41) is 10.6. The Morgan fingerprint density at radius 3 is 2.45 bits per heavy atom. The number of nitrogens with zero attached hydrogens (tertiary/aromatic N) is 2. The first kappa shape index (κ1) is 30.1. The molecule has 2 aromatic rings. The van der Waals surface area contributed by atoms with Gasteiger partial charge in [0.15, 0.2) is 0 Å². The van der Waals surface area contributed by atoms with E-state index in [9.17, 15) is 14.7 Å². The van der Waals surface area contributed by atoms with E-state index in [4.69, 9.17) is 4.74 Å². The number of aryl methyl sites for hydroxylation is 2. The van der Waals surface area contributed by atoms with Gasteiger partial charge >= 0.3 is 5.97 Å². The van der Waals surface area contributed by atoms with Crippen LogP contribution in [0.25, 0.3) is 0 Å². The number of aliphatic hydroxyl groups is 1. The van der Waals surface area contributed by atoms with Crippen LogP contribution in [0.4, 0.5) is 5.69 Å². The number of thioether (sulfide) groups is 1. The molecule has 3 saturated heterocycles. The first-order chi connectivity index (χ1) is 20.2. The van der Waals surface area contributed by atoms with Crippen LogP contribution in [0.5, 0.6) is 0 Å². The predicted molar refractivity (Wildman–Crippen MR) is 166 cm³/mol. The van der Waals surface area contributed by atoms with Crippen LogP contribution in [0.3, 0.4) is 0 Å². The van der Waals surface area contributed by atoms with Gasteiger partial charge in [-0.1, -0.05) is 74.2 Å². The molecule has 0 radical (unpaired) electrons. The monoisotopic (exact) mass is 588 g/mol. The fourth-order valence-electron chi connectivity index (χ4n) is 7.57. The lowest BCUT2D eigenvalue weighted by Crippen LogP contribution is -2.59. The number of hydrogen-bond donors (Lipinski definition) is 1. The summed E-state index contributed by atoms with van der Waals surface area (Å²) in [6.07, 6.45) is 4.30. The van der Waals surface area contributed by atoms with Crippen LogP contribution in [-0.2, 0) is 25.5 Å². The normalized spacial score (nSPS) is 28.3. The summed E-state index contributed by atoms with van der Waals surface area (Å²) in [6, 6.07) is 14.1. The number of aliphatic hydroxyl groups excluding tert-OH is 1. The van der Waals surface area contributed by atoms with Crippen LogP contribution >= 0.6 is 11.8 Å². The zero-order valence-electron chi connectivity index (χ0n) is 24.6. The van der Waals surface area contributed by atoms with Crippen molar-refractivity contribution in [2.45, 2.75) is 55.7 Å². The van der Waals surface area contributed by atoms with Gasteiger partial charge in [0.05, 0.1) is 29.2 Å². The number of rotatable bonds is 11. The number of amides is 2. The van der Waals surface area contributed by atoms with Crippen molar-refractivity contribution in [3.05, 3.63) is 90.5 Å². The maximum Gasteiger partial charge on any atom is 0.311 e. The molecule has 42 heavy (non-hydrogen) atoms. The Bertz CT molecular complexity index is 1360. The number of likely N-dealkylation sites (tertiary alicyclic amines) is 1. The fraction of sp³-hybridized carbons (Fsp3) is 0.441. The highest BCUT2D eigenvalue weighted by Gasteiger charge is 2.77. The van der Waals surface area contributed by atoms with Crippen LogP contribution in [0, 0.1) is 31.6 Å². The zero-order chi connectivity index (χ0) is 30.2. The van der Waals surface area contributed by atoms with Crippen molar-refractivity contribution in [3.63, 3.8) is 0 Å². The number of fused-ring (bicyclic) bond motifs is 1. The molecule has 3 heterocycles. The molecule has 7 nitrogen and oxygen atoms in total. The highest BCUT2D eigenvalue weighted by Crippen LogP contribution is 2.69. The Morgan fingerprint density at radius 2 is 1.83 bits per heavy atom. The molecule has 3 fully saturated rings. The van der Waals surface area contributed by atoms with Gasteiger partial charge in [0, 0.05) is 17.5 Å². The second-order valence-electron chi connectivity index (χ2n) is 11.7. The van der Waals surface area contributed by atoms with E-state index in [1.807, 2.05) is 62.4 Å². The van der Waals surface area contributed by atoms with Crippen LogP contribution in [0.2, 0.25) is 0 Å². The Kier molecular flexibility index (Phi) is 8.67. The molecule has 8 heteroatoms. The number of benzene rings is 2. The van der Waals surface area contributed by atoms with Crippen LogP contribution < -0.4 is 4.90 Å². The summed E-state index contributed by atoms with van der Waals surface area (Å²) >= 11 is 1.60. The van der Waals surface area contributed by atoms with Crippen molar-refractivity contribution in [1.29, 1.82) is 0 Å². The van der Waals surface area contributed by atoms with Crippen molar-refractivity contribution in [2.75, 3.05) is 24.7 Å². The number of esters is 1. The van der Waals surface area contributed by atoms with Crippen molar-refractivity contribution in [1.82, 2.24) is 4.90 Å². The van der Waals surface area contributed by atoms with E-state index in [2.05, 4.69) is 20.1 Å². The Hall–Kier alpha value is -3.36. The summed E-state index contributed by atoms with van der Waals surface area (Å²) < 4.78 is 4.68. The minimum Gasteiger partial charge on any atom is -0.461 e. The van der Waals surface area contributed by atoms with Gasteiger partial charge in [0.1, 0.15) is 12.6 Å². The fourth-order valence-corrected chi connectivity index (χ4v) is 9.96. The summed E-state index contributed by atoms with van der Waals surface area (Å²) in [7, 11) is 0. The molecule has 3 aliphatic heterocycles.